The van der Waals surface area contributed by atoms with Crippen LogP contribution >= 0.6 is 0 Å². The van der Waals surface area contributed by atoms with Crippen LogP contribution in [0.2, 0.25) is 0 Å². The fraction of sp³-hybridized carbons (Fsp3) is 0.938. The Morgan fingerprint density at radius 1 is 0.750 bits per heavy atom. The first-order valence-corrected chi connectivity index (χ1v) is 16.5. The van der Waals surface area contributed by atoms with E-state index in [1.807, 2.05) is 6.92 Å². The van der Waals surface area contributed by atoms with E-state index in [1.54, 1.807) is 0 Å². The predicted octanol–water partition coefficient (Wildman–Crippen LogP) is 5.99. The maximum Gasteiger partial charge on any atom is 0.227 e. The summed E-state index contributed by atoms with van der Waals surface area (Å²) >= 11 is 0. The highest BCUT2D eigenvalue weighted by atomic mass is 16.7. The molecule has 0 spiro atoms. The normalized spacial score (nSPS) is 22.9. The fourth-order valence-electron chi connectivity index (χ4n) is 5.32. The summed E-state index contributed by atoms with van der Waals surface area (Å²) in [5, 5.41) is 23.5. The van der Waals surface area contributed by atoms with E-state index in [-0.39, 0.29) is 18.8 Å². The van der Waals surface area contributed by atoms with Gasteiger partial charge in [0.05, 0.1) is 13.0 Å². The molecular formula is C32H61NO7. The van der Waals surface area contributed by atoms with Crippen molar-refractivity contribution in [3.8, 4) is 0 Å². The molecule has 1 rings (SSSR count). The number of nitrogens with one attached hydrogen (secondary N) is 1. The lowest BCUT2D eigenvalue weighted by Gasteiger charge is -2.44. The van der Waals surface area contributed by atoms with Crippen LogP contribution in [-0.4, -0.2) is 72.4 Å². The highest BCUT2D eigenvalue weighted by molar-refractivity contribution is 5.98. The fourth-order valence-corrected chi connectivity index (χ4v) is 5.32. The molecule has 40 heavy (non-hydrogen) atoms. The van der Waals surface area contributed by atoms with Crippen LogP contribution in [0.1, 0.15) is 143 Å². The highest BCUT2D eigenvalue weighted by Gasteiger charge is 2.47. The number of aliphatic hydroxyl groups is 2. The zero-order valence-electron chi connectivity index (χ0n) is 25.9. The van der Waals surface area contributed by atoms with Crippen molar-refractivity contribution in [1.29, 1.82) is 0 Å². The van der Waals surface area contributed by atoms with E-state index in [4.69, 9.17) is 14.2 Å². The minimum absolute atomic E-state index is 0.0877. The van der Waals surface area contributed by atoms with E-state index in [9.17, 15) is 19.8 Å². The van der Waals surface area contributed by atoms with Gasteiger partial charge in [-0.1, -0.05) is 110 Å². The zero-order chi connectivity index (χ0) is 29.4. The lowest BCUT2D eigenvalue weighted by atomic mass is 9.96. The van der Waals surface area contributed by atoms with Gasteiger partial charge < -0.3 is 29.7 Å². The van der Waals surface area contributed by atoms with Crippen LogP contribution in [0.3, 0.4) is 0 Å². The van der Waals surface area contributed by atoms with Crippen LogP contribution in [0, 0.1) is 0 Å². The second-order valence-corrected chi connectivity index (χ2v) is 11.4. The first-order valence-electron chi connectivity index (χ1n) is 16.5. The number of rotatable bonds is 26. The van der Waals surface area contributed by atoms with Crippen LogP contribution in [0.5, 0.6) is 0 Å². The van der Waals surface area contributed by atoms with Crippen LogP contribution in [0.15, 0.2) is 0 Å². The van der Waals surface area contributed by atoms with Gasteiger partial charge in [0.2, 0.25) is 5.91 Å². The van der Waals surface area contributed by atoms with Crippen molar-refractivity contribution in [3.05, 3.63) is 0 Å². The van der Waals surface area contributed by atoms with Gasteiger partial charge in [0.1, 0.15) is 30.1 Å². The Labute approximate surface area is 244 Å². The van der Waals surface area contributed by atoms with Crippen molar-refractivity contribution in [2.75, 3.05) is 19.8 Å². The van der Waals surface area contributed by atoms with Crippen molar-refractivity contribution in [2.45, 2.75) is 173 Å². The Kier molecular flexibility index (Phi) is 22.7. The summed E-state index contributed by atoms with van der Waals surface area (Å²) in [5.41, 5.74) is 0. The minimum Gasteiger partial charge on any atom is -0.394 e. The van der Waals surface area contributed by atoms with Gasteiger partial charge >= 0.3 is 0 Å². The van der Waals surface area contributed by atoms with Gasteiger partial charge in [-0.15, -0.1) is 0 Å². The summed E-state index contributed by atoms with van der Waals surface area (Å²) in [6, 6.07) is -0.778. The van der Waals surface area contributed by atoms with Gasteiger partial charge in [-0.05, 0) is 19.8 Å². The molecule has 0 aromatic carbocycles. The number of hydrogen-bond acceptors (Lipinski definition) is 7. The maximum atomic E-state index is 12.8. The number of aliphatic hydroxyl groups excluding tert-OH is 2. The highest BCUT2D eigenvalue weighted by Crippen LogP contribution is 2.25. The van der Waals surface area contributed by atoms with E-state index in [0.29, 0.717) is 19.6 Å². The third kappa shape index (κ3) is 16.4. The Bertz CT molecular complexity index is 632. The number of ketones is 1. The monoisotopic (exact) mass is 571 g/mol. The topological polar surface area (TPSA) is 114 Å². The molecule has 0 aromatic rings. The molecular weight excluding hydrogens is 510 g/mol. The van der Waals surface area contributed by atoms with Crippen molar-refractivity contribution >= 4 is 11.7 Å². The second-order valence-electron chi connectivity index (χ2n) is 11.4. The summed E-state index contributed by atoms with van der Waals surface area (Å²) in [5.74, 6) is -0.509. The summed E-state index contributed by atoms with van der Waals surface area (Å²) < 4.78 is 17.6. The minimum atomic E-state index is -1.13. The number of ether oxygens (including phenoxy) is 3. The number of Topliss-reactive ketones (excluding diaryl/α,β-unsaturated/α-hetero) is 1. The van der Waals surface area contributed by atoms with Crippen LogP contribution in [0.4, 0.5) is 0 Å². The predicted molar refractivity (Wildman–Crippen MR) is 159 cm³/mol. The first-order chi connectivity index (χ1) is 19.5. The third-order valence-electron chi connectivity index (χ3n) is 7.74. The molecule has 8 nitrogen and oxygen atoms in total. The molecule has 1 heterocycles. The number of unbranched alkanes of at least 4 members (excludes halogenated alkanes) is 15. The molecule has 1 fully saturated rings. The van der Waals surface area contributed by atoms with Crippen LogP contribution in [-0.2, 0) is 23.8 Å². The van der Waals surface area contributed by atoms with Gasteiger partial charge in [0.25, 0.3) is 0 Å². The van der Waals surface area contributed by atoms with Crippen molar-refractivity contribution in [3.63, 3.8) is 0 Å². The molecule has 0 bridgehead atoms. The largest absolute Gasteiger partial charge is 0.394 e. The number of carbonyl (C=O) groups is 2. The summed E-state index contributed by atoms with van der Waals surface area (Å²) in [4.78, 5) is 25.3. The molecule has 0 radical (unpaired) electrons. The molecule has 0 aromatic heterocycles. The molecule has 8 heteroatoms. The quantitative estimate of drug-likeness (QED) is 0.0863. The van der Waals surface area contributed by atoms with E-state index >= 15 is 0 Å². The van der Waals surface area contributed by atoms with Crippen LogP contribution in [0.25, 0.3) is 0 Å². The molecule has 0 saturated carbocycles. The van der Waals surface area contributed by atoms with Crippen LogP contribution < -0.4 is 5.32 Å². The molecule has 5 atom stereocenters. The molecule has 236 valence electrons. The van der Waals surface area contributed by atoms with E-state index in [2.05, 4.69) is 19.2 Å². The summed E-state index contributed by atoms with van der Waals surface area (Å²) in [6.45, 7) is 6.61. The molecule has 0 aliphatic carbocycles. The third-order valence-corrected chi connectivity index (χ3v) is 7.74. The molecule has 0 unspecified atom stereocenters. The standard InChI is InChI=1S/C32H61NO7/c1-4-7-9-11-13-15-16-18-20-22-26(35)24-28(36)33-29-31(30(37)27(25-34)40-32(29)38-6-3)39-23-21-19-17-14-12-10-8-5-2/h27,29-32,34,37H,4-25H2,1-3H3,(H,33,36)/t27-,29-,30-,31-,32+/m1/s1. The smallest absolute Gasteiger partial charge is 0.227 e. The summed E-state index contributed by atoms with van der Waals surface area (Å²) in [6.07, 6.45) is 16.4. The van der Waals surface area contributed by atoms with Gasteiger partial charge in [0, 0.05) is 19.6 Å². The average molecular weight is 572 g/mol. The Hall–Kier alpha value is -1.06. The molecule has 1 aliphatic rings. The Morgan fingerprint density at radius 2 is 1.27 bits per heavy atom. The average Bonchev–Trinajstić information content (AvgIpc) is 2.93. The van der Waals surface area contributed by atoms with Gasteiger partial charge in [-0.25, -0.2) is 0 Å². The number of hydrogen-bond donors (Lipinski definition) is 3. The van der Waals surface area contributed by atoms with Crippen molar-refractivity contribution in [2.24, 2.45) is 0 Å². The van der Waals surface area contributed by atoms with Crippen molar-refractivity contribution in [1.82, 2.24) is 5.32 Å². The lowest BCUT2D eigenvalue weighted by molar-refractivity contribution is -0.276. The van der Waals surface area contributed by atoms with E-state index < -0.39 is 36.6 Å². The number of carbonyl (C=O) groups excluding carboxylic acids is 2. The summed E-state index contributed by atoms with van der Waals surface area (Å²) in [7, 11) is 0. The molecule has 1 aliphatic heterocycles. The van der Waals surface area contributed by atoms with Gasteiger partial charge in [-0.3, -0.25) is 9.59 Å². The number of amides is 1. The van der Waals surface area contributed by atoms with E-state index in [1.165, 1.54) is 70.6 Å². The molecule has 3 N–H and O–H groups in total. The van der Waals surface area contributed by atoms with Gasteiger partial charge in [0.15, 0.2) is 6.29 Å². The maximum absolute atomic E-state index is 12.8. The van der Waals surface area contributed by atoms with Gasteiger partial charge in [-0.2, -0.15) is 0 Å². The lowest BCUT2D eigenvalue weighted by Crippen LogP contribution is -2.65. The van der Waals surface area contributed by atoms with Crippen molar-refractivity contribution < 1.29 is 34.0 Å². The zero-order valence-corrected chi connectivity index (χ0v) is 25.9. The molecule has 1 amide bonds. The first kappa shape index (κ1) is 37.0. The Morgan fingerprint density at radius 3 is 1.80 bits per heavy atom. The van der Waals surface area contributed by atoms with E-state index in [0.717, 1.165) is 38.5 Å². The SMILES string of the molecule is CCCCCCCCCCCC(=O)CC(=O)N[C@H]1[C@@H](OCC)O[C@H](CO)[C@@H](O)[C@@H]1OCCCCCCCCCC. The molecule has 1 saturated heterocycles. The Balaban J connectivity index is 2.50. The second kappa shape index (κ2) is 24.5.